The molecule has 0 aromatic heterocycles. The molecule has 1 amide bonds. The fourth-order valence-electron chi connectivity index (χ4n) is 10.4. The van der Waals surface area contributed by atoms with Crippen LogP contribution in [0.2, 0.25) is 0 Å². The van der Waals surface area contributed by atoms with Crippen LogP contribution in [0.15, 0.2) is 48.6 Å². The smallest absolute Gasteiger partial charge is 0.305 e. The number of hydrogen-bond acceptors (Lipinski definition) is 5. The Labute approximate surface area is 474 Å². The van der Waals surface area contributed by atoms with E-state index in [0.717, 1.165) is 57.8 Å². The minimum atomic E-state index is -0.664. The highest BCUT2D eigenvalue weighted by Crippen LogP contribution is 2.18. The van der Waals surface area contributed by atoms with Crippen LogP contribution in [0.3, 0.4) is 0 Å². The number of hydrogen-bond donors (Lipinski definition) is 3. The van der Waals surface area contributed by atoms with E-state index in [-0.39, 0.29) is 18.5 Å². The van der Waals surface area contributed by atoms with Gasteiger partial charge in [-0.2, -0.15) is 0 Å². The normalized spacial score (nSPS) is 12.8. The monoisotopic (exact) mass is 1070 g/mol. The number of carbonyl (C=O) groups excluding carboxylic acids is 2. The van der Waals surface area contributed by atoms with Gasteiger partial charge in [-0.25, -0.2) is 0 Å². The van der Waals surface area contributed by atoms with Crippen LogP contribution in [0.25, 0.3) is 0 Å². The molecule has 2 atom stereocenters. The number of aliphatic hydroxyl groups is 2. The third-order valence-corrected chi connectivity index (χ3v) is 15.6. The van der Waals surface area contributed by atoms with Crippen LogP contribution in [0, 0.1) is 0 Å². The number of nitrogens with one attached hydrogen (secondary N) is 1. The molecule has 0 radical (unpaired) electrons. The number of rotatable bonds is 63. The summed E-state index contributed by atoms with van der Waals surface area (Å²) in [5.41, 5.74) is 0. The Morgan fingerprint density at radius 3 is 1.03 bits per heavy atom. The zero-order valence-corrected chi connectivity index (χ0v) is 51.0. The van der Waals surface area contributed by atoms with Gasteiger partial charge in [-0.3, -0.25) is 9.59 Å². The SMILES string of the molecule is CCCCC/C=C\C/C=C\CCCCCCCCCCCC(=O)OCCCCCCCCCCC/C=C\C/C=C\CCCCCCCCCCCCCCCC(=O)NC(CO)C(O)CCCCCCCCCCCCC. The zero-order chi connectivity index (χ0) is 55.0. The van der Waals surface area contributed by atoms with Gasteiger partial charge in [-0.05, 0) is 89.9 Å². The summed E-state index contributed by atoms with van der Waals surface area (Å²) in [5, 5.41) is 23.2. The van der Waals surface area contributed by atoms with Crippen molar-refractivity contribution in [3.05, 3.63) is 48.6 Å². The molecule has 0 rings (SSSR count). The molecule has 3 N–H and O–H groups in total. The first-order valence-electron chi connectivity index (χ1n) is 33.9. The van der Waals surface area contributed by atoms with Gasteiger partial charge in [0.25, 0.3) is 0 Å². The number of esters is 1. The van der Waals surface area contributed by atoms with Crippen LogP contribution in [0.5, 0.6) is 0 Å². The van der Waals surface area contributed by atoms with Crippen LogP contribution in [-0.4, -0.2) is 47.4 Å². The van der Waals surface area contributed by atoms with E-state index >= 15 is 0 Å². The van der Waals surface area contributed by atoms with Crippen LogP contribution in [0.1, 0.15) is 361 Å². The minimum Gasteiger partial charge on any atom is -0.466 e. The van der Waals surface area contributed by atoms with Crippen LogP contribution >= 0.6 is 0 Å². The first-order valence-corrected chi connectivity index (χ1v) is 33.9. The topological polar surface area (TPSA) is 95.9 Å². The third kappa shape index (κ3) is 61.0. The van der Waals surface area contributed by atoms with Gasteiger partial charge >= 0.3 is 5.97 Å². The lowest BCUT2D eigenvalue weighted by Crippen LogP contribution is -2.45. The summed E-state index contributed by atoms with van der Waals surface area (Å²) in [6.07, 6.45) is 84.4. The molecule has 0 fully saturated rings. The molecular formula is C70H131NO5. The summed E-state index contributed by atoms with van der Waals surface area (Å²) in [5.74, 6) is -0.0281. The largest absolute Gasteiger partial charge is 0.466 e. The van der Waals surface area contributed by atoms with Crippen LogP contribution < -0.4 is 5.32 Å². The van der Waals surface area contributed by atoms with Crippen molar-refractivity contribution in [1.29, 1.82) is 0 Å². The Kier molecular flexibility index (Phi) is 63.5. The Hall–Kier alpha value is -2.18. The highest BCUT2D eigenvalue weighted by atomic mass is 16.5. The van der Waals surface area contributed by atoms with Crippen molar-refractivity contribution in [2.75, 3.05) is 13.2 Å². The summed E-state index contributed by atoms with van der Waals surface area (Å²) in [6.45, 7) is 4.93. The molecule has 0 aliphatic heterocycles. The van der Waals surface area contributed by atoms with Gasteiger partial charge in [0.05, 0.1) is 25.4 Å². The molecular weight excluding hydrogens is 935 g/mol. The van der Waals surface area contributed by atoms with Crippen molar-refractivity contribution in [2.45, 2.75) is 373 Å². The molecule has 0 heterocycles. The van der Waals surface area contributed by atoms with E-state index in [0.29, 0.717) is 25.9 Å². The summed E-state index contributed by atoms with van der Waals surface area (Å²) in [6, 6.07) is -0.541. The molecule has 6 nitrogen and oxygen atoms in total. The van der Waals surface area contributed by atoms with Crippen molar-refractivity contribution >= 4 is 11.9 Å². The maximum absolute atomic E-state index is 12.5. The standard InChI is InChI=1S/C70H131NO5/c1-3-5-7-9-11-13-15-16-17-18-30-34-37-40-44-48-52-56-60-64-70(75)76-65-61-57-53-49-45-41-38-35-32-29-27-25-23-21-19-20-22-24-26-28-31-33-36-39-43-47-51-55-59-63-69(74)71-67(66-72)68(73)62-58-54-50-46-42-14-12-10-8-6-4-2/h11,13,16-17,19,21,25,27,67-68,72-73H,3-10,12,14-15,18,20,22-24,26,28-66H2,1-2H3,(H,71,74)/b13-11-,17-16-,21-19-,27-25-. The average Bonchev–Trinajstić information content (AvgIpc) is 3.42. The lowest BCUT2D eigenvalue weighted by Gasteiger charge is -2.22. The van der Waals surface area contributed by atoms with Crippen LogP contribution in [0.4, 0.5) is 0 Å². The fourth-order valence-corrected chi connectivity index (χ4v) is 10.4. The van der Waals surface area contributed by atoms with Gasteiger partial charge in [0.15, 0.2) is 0 Å². The van der Waals surface area contributed by atoms with Gasteiger partial charge in [-0.1, -0.05) is 306 Å². The first kappa shape index (κ1) is 73.8. The maximum Gasteiger partial charge on any atom is 0.305 e. The molecule has 76 heavy (non-hydrogen) atoms. The molecule has 0 saturated carbocycles. The molecule has 0 aromatic rings. The zero-order valence-electron chi connectivity index (χ0n) is 51.0. The Balaban J connectivity index is 3.38. The van der Waals surface area contributed by atoms with Gasteiger partial charge in [-0.15, -0.1) is 0 Å². The quantitative estimate of drug-likeness (QED) is 0.0320. The van der Waals surface area contributed by atoms with Crippen molar-refractivity contribution in [3.63, 3.8) is 0 Å². The van der Waals surface area contributed by atoms with Crippen molar-refractivity contribution in [1.82, 2.24) is 5.32 Å². The molecule has 0 bridgehead atoms. The van der Waals surface area contributed by atoms with E-state index in [2.05, 4.69) is 67.8 Å². The molecule has 446 valence electrons. The predicted molar refractivity (Wildman–Crippen MR) is 333 cm³/mol. The lowest BCUT2D eigenvalue weighted by molar-refractivity contribution is -0.143. The highest BCUT2D eigenvalue weighted by molar-refractivity contribution is 5.76. The van der Waals surface area contributed by atoms with Gasteiger partial charge < -0.3 is 20.3 Å². The van der Waals surface area contributed by atoms with Gasteiger partial charge in [0.2, 0.25) is 5.91 Å². The molecule has 0 aliphatic rings. The minimum absolute atomic E-state index is 0.00819. The summed E-state index contributed by atoms with van der Waals surface area (Å²) in [4.78, 5) is 24.6. The van der Waals surface area contributed by atoms with E-state index in [4.69, 9.17) is 4.74 Å². The Morgan fingerprint density at radius 2 is 0.658 bits per heavy atom. The molecule has 2 unspecified atom stereocenters. The fraction of sp³-hybridized carbons (Fsp3) is 0.857. The second-order valence-corrected chi connectivity index (χ2v) is 23.1. The summed E-state index contributed by atoms with van der Waals surface area (Å²) < 4.78 is 5.50. The molecule has 0 aliphatic carbocycles. The average molecular weight is 1070 g/mol. The van der Waals surface area contributed by atoms with E-state index < -0.39 is 12.1 Å². The number of allylic oxidation sites excluding steroid dienone is 8. The van der Waals surface area contributed by atoms with E-state index in [9.17, 15) is 19.8 Å². The Morgan fingerprint density at radius 1 is 0.368 bits per heavy atom. The Bertz CT molecular complexity index is 1270. The number of amides is 1. The van der Waals surface area contributed by atoms with Gasteiger partial charge in [0, 0.05) is 12.8 Å². The van der Waals surface area contributed by atoms with E-state index in [1.165, 1.54) is 270 Å². The van der Waals surface area contributed by atoms with Crippen molar-refractivity contribution < 1.29 is 24.5 Å². The maximum atomic E-state index is 12.5. The number of carbonyl (C=O) groups is 2. The van der Waals surface area contributed by atoms with Crippen LogP contribution in [-0.2, 0) is 14.3 Å². The first-order chi connectivity index (χ1) is 37.5. The molecule has 0 aromatic carbocycles. The third-order valence-electron chi connectivity index (χ3n) is 15.6. The van der Waals surface area contributed by atoms with Crippen molar-refractivity contribution in [2.24, 2.45) is 0 Å². The molecule has 0 spiro atoms. The number of aliphatic hydroxyl groups excluding tert-OH is 2. The van der Waals surface area contributed by atoms with E-state index in [1.54, 1.807) is 0 Å². The summed E-state index contributed by atoms with van der Waals surface area (Å²) in [7, 11) is 0. The second kappa shape index (κ2) is 65.3. The predicted octanol–water partition coefficient (Wildman–Crippen LogP) is 21.7. The second-order valence-electron chi connectivity index (χ2n) is 23.1. The lowest BCUT2D eigenvalue weighted by atomic mass is 10.0. The molecule has 6 heteroatoms. The number of unbranched alkanes of at least 4 members (excludes halogenated alkanes) is 44. The van der Waals surface area contributed by atoms with Gasteiger partial charge in [0.1, 0.15) is 0 Å². The van der Waals surface area contributed by atoms with E-state index in [1.807, 2.05) is 0 Å². The highest BCUT2D eigenvalue weighted by Gasteiger charge is 2.20. The molecule has 0 saturated heterocycles. The van der Waals surface area contributed by atoms with Crippen molar-refractivity contribution in [3.8, 4) is 0 Å². The number of ether oxygens (including phenoxy) is 1. The summed E-state index contributed by atoms with van der Waals surface area (Å²) >= 11 is 0.